The molecule has 1 saturated heterocycles. The van der Waals surface area contributed by atoms with E-state index < -0.39 is 35.6 Å². The van der Waals surface area contributed by atoms with Crippen molar-refractivity contribution < 1.29 is 28.3 Å². The monoisotopic (exact) mass is 593 g/mol. The Morgan fingerprint density at radius 1 is 1.14 bits per heavy atom. The number of rotatable bonds is 11. The normalized spacial score (nSPS) is 16.4. The fourth-order valence-corrected chi connectivity index (χ4v) is 6.15. The molecule has 1 aliphatic heterocycles. The number of nitrogens with one attached hydrogen (secondary N) is 4. The Balaban J connectivity index is 1.38. The average molecular weight is 594 g/mol. The summed E-state index contributed by atoms with van der Waals surface area (Å²) in [6.45, 7) is 4.33. The number of Topliss-reactive ketones (excluding diaryl/α,β-unsaturated/α-hetero) is 1. The summed E-state index contributed by atoms with van der Waals surface area (Å²) >= 11 is 1.23. The van der Waals surface area contributed by atoms with E-state index in [1.807, 2.05) is 38.1 Å². The predicted octanol–water partition coefficient (Wildman–Crippen LogP) is 3.96. The first-order chi connectivity index (χ1) is 20.1. The summed E-state index contributed by atoms with van der Waals surface area (Å²) in [5, 5.41) is 9.12. The average Bonchev–Trinajstić information content (AvgIpc) is 3.69. The van der Waals surface area contributed by atoms with Crippen molar-refractivity contribution in [1.29, 1.82) is 0 Å². The van der Waals surface area contributed by atoms with Gasteiger partial charge in [-0.25, -0.2) is 9.37 Å². The molecule has 0 radical (unpaired) electrons. The number of hydrogen-bond donors (Lipinski definition) is 4. The van der Waals surface area contributed by atoms with E-state index in [4.69, 9.17) is 4.74 Å². The first-order valence-electron chi connectivity index (χ1n) is 13.8. The number of fused-ring (bicyclic) bond motifs is 2. The van der Waals surface area contributed by atoms with Crippen LogP contribution in [0.5, 0.6) is 5.75 Å². The molecule has 3 heterocycles. The van der Waals surface area contributed by atoms with Crippen LogP contribution in [0.2, 0.25) is 0 Å². The van der Waals surface area contributed by atoms with Gasteiger partial charge in [-0.1, -0.05) is 26.0 Å². The number of benzene rings is 2. The molecule has 1 fully saturated rings. The van der Waals surface area contributed by atoms with E-state index in [0.29, 0.717) is 35.8 Å². The third kappa shape index (κ3) is 6.28. The maximum Gasteiger partial charge on any atom is 0.268 e. The molecule has 12 heteroatoms. The van der Waals surface area contributed by atoms with Gasteiger partial charge in [0.15, 0.2) is 5.01 Å². The van der Waals surface area contributed by atoms with Crippen LogP contribution in [0.25, 0.3) is 21.1 Å². The molecular weight excluding hydrogens is 561 g/mol. The number of thiazole rings is 1. The largest absolute Gasteiger partial charge is 0.496 e. The molecular formula is C30H32FN5O5S. The lowest BCUT2D eigenvalue weighted by Gasteiger charge is -2.24. The van der Waals surface area contributed by atoms with Gasteiger partial charge in [-0.2, -0.15) is 0 Å². The molecule has 4 aromatic rings. The molecule has 0 saturated carbocycles. The van der Waals surface area contributed by atoms with Crippen LogP contribution in [-0.4, -0.2) is 59.2 Å². The van der Waals surface area contributed by atoms with Gasteiger partial charge >= 0.3 is 0 Å². The Morgan fingerprint density at radius 2 is 1.93 bits per heavy atom. The summed E-state index contributed by atoms with van der Waals surface area (Å²) in [6.07, 6.45) is 0.957. The van der Waals surface area contributed by atoms with Crippen molar-refractivity contribution in [3.63, 3.8) is 0 Å². The maximum absolute atomic E-state index is 14.0. The van der Waals surface area contributed by atoms with Crippen LogP contribution in [-0.2, 0) is 9.59 Å². The van der Waals surface area contributed by atoms with E-state index in [2.05, 4.69) is 25.9 Å². The summed E-state index contributed by atoms with van der Waals surface area (Å²) in [5.41, 5.74) is 1.17. The second-order valence-corrected chi connectivity index (χ2v) is 11.9. The van der Waals surface area contributed by atoms with E-state index in [9.17, 15) is 23.6 Å². The van der Waals surface area contributed by atoms with Crippen LogP contribution in [0.1, 0.15) is 53.4 Å². The first kappa shape index (κ1) is 29.2. The molecule has 1 unspecified atom stereocenters. The van der Waals surface area contributed by atoms with Crippen molar-refractivity contribution in [2.24, 2.45) is 11.8 Å². The molecule has 3 amide bonds. The quantitative estimate of drug-likeness (QED) is 0.194. The maximum atomic E-state index is 14.0. The van der Waals surface area contributed by atoms with Crippen LogP contribution in [0.3, 0.4) is 0 Å². The minimum absolute atomic E-state index is 0.0250. The fourth-order valence-electron chi connectivity index (χ4n) is 5.19. The summed E-state index contributed by atoms with van der Waals surface area (Å²) in [5.74, 6) is -2.33. The molecule has 1 aliphatic rings. The Hall–Kier alpha value is -4.32. The van der Waals surface area contributed by atoms with Gasteiger partial charge in [0.1, 0.15) is 23.3 Å². The molecule has 42 heavy (non-hydrogen) atoms. The molecule has 0 aliphatic carbocycles. The topological polar surface area (TPSA) is 142 Å². The molecule has 0 bridgehead atoms. The van der Waals surface area contributed by atoms with Crippen LogP contribution < -0.4 is 20.7 Å². The number of aromatic nitrogens is 2. The highest BCUT2D eigenvalue weighted by atomic mass is 32.1. The van der Waals surface area contributed by atoms with Crippen LogP contribution in [0.4, 0.5) is 4.39 Å². The van der Waals surface area contributed by atoms with E-state index in [-0.39, 0.29) is 40.5 Å². The Bertz CT molecular complexity index is 1630. The number of para-hydroxylation sites is 1. The van der Waals surface area contributed by atoms with E-state index in [1.54, 1.807) is 0 Å². The Morgan fingerprint density at radius 3 is 2.62 bits per heavy atom. The van der Waals surface area contributed by atoms with E-state index >= 15 is 0 Å². The number of aromatic amines is 1. The number of halogens is 1. The van der Waals surface area contributed by atoms with E-state index in [0.717, 1.165) is 4.70 Å². The number of ether oxygens (including phenoxy) is 1. The summed E-state index contributed by atoms with van der Waals surface area (Å²) in [7, 11) is 1.41. The number of methoxy groups -OCH3 is 1. The molecule has 2 aromatic carbocycles. The second kappa shape index (κ2) is 12.3. The van der Waals surface area contributed by atoms with Gasteiger partial charge in [0.05, 0.1) is 28.9 Å². The molecule has 220 valence electrons. The van der Waals surface area contributed by atoms with Crippen molar-refractivity contribution in [2.75, 3.05) is 13.7 Å². The van der Waals surface area contributed by atoms with Crippen LogP contribution >= 0.6 is 11.3 Å². The second-order valence-electron chi connectivity index (χ2n) is 10.8. The van der Waals surface area contributed by atoms with Crippen molar-refractivity contribution in [2.45, 2.75) is 45.2 Å². The van der Waals surface area contributed by atoms with Gasteiger partial charge in [0.25, 0.3) is 5.91 Å². The Labute approximate surface area is 245 Å². The van der Waals surface area contributed by atoms with Gasteiger partial charge in [0, 0.05) is 23.9 Å². The molecule has 5 rings (SSSR count). The lowest BCUT2D eigenvalue weighted by molar-refractivity contribution is -0.125. The standard InChI is InChI=1S/C30H32FN5O5S/c1-15(2)10-22(35-29(40)23-14-18-20(33-23)12-17(31)13-24(18)41-3)28(39)34-21(11-16-8-9-32-27(16)38)26(37)30-36-19-6-4-5-7-25(19)42-30/h4-7,12-16,21-22,33H,8-11H2,1-3H3,(H,32,38)(H,34,39)(H,35,40)/t16?,21-,22-/m0/s1. The predicted molar refractivity (Wildman–Crippen MR) is 157 cm³/mol. The summed E-state index contributed by atoms with van der Waals surface area (Å²) in [4.78, 5) is 60.3. The molecule has 4 N–H and O–H groups in total. The smallest absolute Gasteiger partial charge is 0.268 e. The summed E-state index contributed by atoms with van der Waals surface area (Å²) in [6, 6.07) is 9.37. The molecule has 10 nitrogen and oxygen atoms in total. The number of H-pyrrole nitrogens is 1. The minimum atomic E-state index is -1.02. The minimum Gasteiger partial charge on any atom is -0.496 e. The number of ketones is 1. The van der Waals surface area contributed by atoms with Crippen molar-refractivity contribution in [1.82, 2.24) is 25.9 Å². The number of nitrogens with zero attached hydrogens (tertiary/aromatic N) is 1. The van der Waals surface area contributed by atoms with Crippen LogP contribution in [0, 0.1) is 17.7 Å². The molecule has 3 atom stereocenters. The highest BCUT2D eigenvalue weighted by molar-refractivity contribution is 7.20. The van der Waals surface area contributed by atoms with Gasteiger partial charge in [-0.05, 0) is 49.4 Å². The highest BCUT2D eigenvalue weighted by Crippen LogP contribution is 2.28. The number of carbonyl (C=O) groups excluding carboxylic acids is 4. The van der Waals surface area contributed by atoms with Gasteiger partial charge in [-0.15, -0.1) is 11.3 Å². The summed E-state index contributed by atoms with van der Waals surface area (Å²) < 4.78 is 20.1. The number of hydrogen-bond acceptors (Lipinski definition) is 7. The first-order valence-corrected chi connectivity index (χ1v) is 14.6. The third-order valence-electron chi connectivity index (χ3n) is 7.28. The zero-order chi connectivity index (χ0) is 30.0. The van der Waals surface area contributed by atoms with Gasteiger partial charge in [0.2, 0.25) is 17.6 Å². The highest BCUT2D eigenvalue weighted by Gasteiger charge is 2.35. The molecule has 0 spiro atoms. The van der Waals surface area contributed by atoms with Gasteiger partial charge in [-0.3, -0.25) is 19.2 Å². The fraction of sp³-hybridized carbons (Fsp3) is 0.367. The van der Waals surface area contributed by atoms with Crippen molar-refractivity contribution in [3.05, 3.63) is 59.0 Å². The number of carbonyl (C=O) groups is 4. The third-order valence-corrected chi connectivity index (χ3v) is 8.33. The lowest BCUT2D eigenvalue weighted by atomic mass is 9.95. The van der Waals surface area contributed by atoms with Gasteiger partial charge < -0.3 is 25.7 Å². The van der Waals surface area contributed by atoms with Crippen molar-refractivity contribution in [3.8, 4) is 5.75 Å². The zero-order valence-electron chi connectivity index (χ0n) is 23.5. The van der Waals surface area contributed by atoms with Crippen LogP contribution in [0.15, 0.2) is 42.5 Å². The number of amides is 3. The van der Waals surface area contributed by atoms with E-state index in [1.165, 1.54) is 36.6 Å². The van der Waals surface area contributed by atoms with Crippen molar-refractivity contribution >= 4 is 56.0 Å². The SMILES string of the molecule is COc1cc(F)cc2[nH]c(C(=O)N[C@@H](CC(C)C)C(=O)N[C@@H](CC3CCNC3=O)C(=O)c3nc4ccccc4s3)cc12. The zero-order valence-corrected chi connectivity index (χ0v) is 24.3. The lowest BCUT2D eigenvalue weighted by Crippen LogP contribution is -2.52. The Kier molecular flexibility index (Phi) is 8.53. The molecule has 2 aromatic heterocycles.